The van der Waals surface area contributed by atoms with Crippen molar-refractivity contribution in [1.29, 1.82) is 0 Å². The lowest BCUT2D eigenvalue weighted by Crippen LogP contribution is -2.53. The number of rotatable bonds is 1. The van der Waals surface area contributed by atoms with Crippen LogP contribution in [-0.4, -0.2) is 17.6 Å². The van der Waals surface area contributed by atoms with Crippen LogP contribution in [0.25, 0.3) is 0 Å². The highest BCUT2D eigenvalue weighted by molar-refractivity contribution is 9.10. The van der Waals surface area contributed by atoms with Crippen molar-refractivity contribution >= 4 is 28.0 Å². The largest absolute Gasteiger partial charge is 0.427 e. The van der Waals surface area contributed by atoms with Gasteiger partial charge < -0.3 is 10.4 Å². The Bertz CT molecular complexity index is 701. The summed E-state index contributed by atoms with van der Waals surface area (Å²) in [5, 5.41) is 11.5. The van der Waals surface area contributed by atoms with Crippen LogP contribution < -0.4 is 5.32 Å². The van der Waals surface area contributed by atoms with Crippen LogP contribution in [0.4, 0.5) is 18.9 Å². The molecule has 0 unspecified atom stereocenters. The summed E-state index contributed by atoms with van der Waals surface area (Å²) in [4.78, 5) is 3.96. The minimum absolute atomic E-state index is 0.0449. The number of benzene rings is 1. The van der Waals surface area contributed by atoms with Crippen molar-refractivity contribution in [2.24, 2.45) is 10.9 Å². The second kappa shape index (κ2) is 5.28. The molecule has 7 heteroatoms. The molecule has 3 nitrogen and oxygen atoms in total. The van der Waals surface area contributed by atoms with Gasteiger partial charge in [-0.2, -0.15) is 13.2 Å². The van der Waals surface area contributed by atoms with Gasteiger partial charge in [0.25, 0.3) is 0 Å². The van der Waals surface area contributed by atoms with Gasteiger partial charge in [-0.1, -0.05) is 27.8 Å². The van der Waals surface area contributed by atoms with Crippen LogP contribution in [0, 0.1) is 17.8 Å². The Hall–Kier alpha value is -1.52. The van der Waals surface area contributed by atoms with Crippen LogP contribution in [-0.2, 0) is 12.1 Å². The van der Waals surface area contributed by atoms with E-state index in [4.69, 9.17) is 0 Å². The SMILES string of the molecule is OCc1cc2c(cc1Br)[C@@](C#CC1CC1)(C(F)(F)F)NC=N2. The highest BCUT2D eigenvalue weighted by Crippen LogP contribution is 2.46. The second-order valence-corrected chi connectivity index (χ2v) is 6.17. The number of hydrogen-bond acceptors (Lipinski definition) is 3. The number of aliphatic hydroxyl groups excluding tert-OH is 1. The zero-order chi connectivity index (χ0) is 16.0. The first-order valence-corrected chi connectivity index (χ1v) is 7.50. The monoisotopic (exact) mass is 372 g/mol. The molecule has 0 saturated heterocycles. The lowest BCUT2D eigenvalue weighted by Gasteiger charge is -2.35. The first kappa shape index (κ1) is 15.4. The standard InChI is InChI=1S/C15H12BrF3N2O/c16-12-6-11-13(5-10(12)7-22)20-8-21-14(11,15(17,18)19)4-3-9-1-2-9/h5-6,8-9,22H,1-2,7H2,(H,20,21)/t14-/m0/s1. The van der Waals surface area contributed by atoms with Gasteiger partial charge in [-0.3, -0.25) is 0 Å². The summed E-state index contributed by atoms with van der Waals surface area (Å²) in [5.74, 6) is 5.15. The van der Waals surface area contributed by atoms with E-state index in [9.17, 15) is 18.3 Å². The molecule has 1 aliphatic carbocycles. The molecule has 0 spiro atoms. The normalized spacial score (nSPS) is 23.3. The van der Waals surface area contributed by atoms with Gasteiger partial charge in [0.1, 0.15) is 0 Å². The summed E-state index contributed by atoms with van der Waals surface area (Å²) >= 11 is 3.19. The van der Waals surface area contributed by atoms with Crippen molar-refractivity contribution in [2.75, 3.05) is 0 Å². The molecule has 1 atom stereocenters. The summed E-state index contributed by atoms with van der Waals surface area (Å²) in [7, 11) is 0. The van der Waals surface area contributed by atoms with Gasteiger partial charge in [0.2, 0.25) is 5.54 Å². The Labute approximate surface area is 133 Å². The van der Waals surface area contributed by atoms with E-state index in [1.54, 1.807) is 0 Å². The molecule has 1 heterocycles. The smallest absolute Gasteiger partial charge is 0.392 e. The fourth-order valence-corrected chi connectivity index (χ4v) is 2.73. The zero-order valence-electron chi connectivity index (χ0n) is 11.3. The average Bonchev–Trinajstić information content (AvgIpc) is 3.27. The maximum absolute atomic E-state index is 13.8. The summed E-state index contributed by atoms with van der Waals surface area (Å²) in [6, 6.07) is 2.77. The van der Waals surface area contributed by atoms with Crippen LogP contribution in [0.2, 0.25) is 0 Å². The number of hydrogen-bond donors (Lipinski definition) is 2. The second-order valence-electron chi connectivity index (χ2n) is 5.31. The molecule has 0 radical (unpaired) electrons. The Morgan fingerprint density at radius 2 is 2.14 bits per heavy atom. The van der Waals surface area contributed by atoms with Crippen molar-refractivity contribution < 1.29 is 18.3 Å². The summed E-state index contributed by atoms with van der Waals surface area (Å²) in [6.07, 6.45) is -1.90. The average molecular weight is 373 g/mol. The Balaban J connectivity index is 2.20. The van der Waals surface area contributed by atoms with Crippen LogP contribution in [0.1, 0.15) is 24.0 Å². The maximum Gasteiger partial charge on any atom is 0.427 e. The third kappa shape index (κ3) is 2.50. The number of aliphatic imine (C=N–C) groups is 1. The minimum Gasteiger partial charge on any atom is -0.392 e. The molecule has 1 aromatic carbocycles. The fraction of sp³-hybridized carbons (Fsp3) is 0.400. The molecule has 116 valence electrons. The first-order chi connectivity index (χ1) is 10.4. The molecule has 1 aromatic rings. The Morgan fingerprint density at radius 1 is 1.41 bits per heavy atom. The molecule has 0 bridgehead atoms. The molecule has 1 saturated carbocycles. The Morgan fingerprint density at radius 3 is 2.73 bits per heavy atom. The Kier molecular flexibility index (Phi) is 3.69. The van der Waals surface area contributed by atoms with Gasteiger partial charge in [-0.25, -0.2) is 4.99 Å². The van der Waals surface area contributed by atoms with Crippen LogP contribution in [0.5, 0.6) is 0 Å². The van der Waals surface area contributed by atoms with Gasteiger partial charge in [0.15, 0.2) is 0 Å². The number of fused-ring (bicyclic) bond motifs is 1. The van der Waals surface area contributed by atoms with Crippen molar-refractivity contribution in [3.8, 4) is 11.8 Å². The number of halogens is 4. The van der Waals surface area contributed by atoms with Crippen LogP contribution >= 0.6 is 15.9 Å². The van der Waals surface area contributed by atoms with Crippen molar-refractivity contribution in [1.82, 2.24) is 5.32 Å². The summed E-state index contributed by atoms with van der Waals surface area (Å²) in [6.45, 7) is -0.288. The van der Waals surface area contributed by atoms with E-state index in [0.29, 0.717) is 10.0 Å². The lowest BCUT2D eigenvalue weighted by molar-refractivity contribution is -0.177. The zero-order valence-corrected chi connectivity index (χ0v) is 12.9. The summed E-state index contributed by atoms with van der Waals surface area (Å²) < 4.78 is 41.7. The van der Waals surface area contributed by atoms with E-state index in [0.717, 1.165) is 19.2 Å². The van der Waals surface area contributed by atoms with E-state index < -0.39 is 11.7 Å². The number of nitrogens with zero attached hydrogens (tertiary/aromatic N) is 1. The predicted octanol–water partition coefficient (Wildman–Crippen LogP) is 3.38. The van der Waals surface area contributed by atoms with E-state index >= 15 is 0 Å². The molecule has 0 aromatic heterocycles. The van der Waals surface area contributed by atoms with Crippen molar-refractivity contribution in [2.45, 2.75) is 31.2 Å². The molecule has 22 heavy (non-hydrogen) atoms. The van der Waals surface area contributed by atoms with E-state index in [1.165, 1.54) is 12.1 Å². The van der Waals surface area contributed by atoms with Crippen LogP contribution in [0.3, 0.4) is 0 Å². The van der Waals surface area contributed by atoms with Crippen molar-refractivity contribution in [3.05, 3.63) is 27.7 Å². The maximum atomic E-state index is 13.8. The van der Waals surface area contributed by atoms with Gasteiger partial charge in [0.05, 0.1) is 18.6 Å². The highest BCUT2D eigenvalue weighted by atomic mass is 79.9. The molecule has 2 N–H and O–H groups in total. The lowest BCUT2D eigenvalue weighted by atomic mass is 9.86. The molecule has 3 rings (SSSR count). The quantitative estimate of drug-likeness (QED) is 0.742. The van der Waals surface area contributed by atoms with Gasteiger partial charge in [-0.05, 0) is 30.5 Å². The number of alkyl halides is 3. The molecule has 1 fully saturated rings. The summed E-state index contributed by atoms with van der Waals surface area (Å²) in [5.41, 5.74) is -1.89. The third-order valence-corrected chi connectivity index (χ3v) is 4.43. The predicted molar refractivity (Wildman–Crippen MR) is 79.6 cm³/mol. The first-order valence-electron chi connectivity index (χ1n) is 6.71. The van der Waals surface area contributed by atoms with Gasteiger partial charge in [0, 0.05) is 16.0 Å². The molecule has 1 aliphatic heterocycles. The fourth-order valence-electron chi connectivity index (χ4n) is 2.26. The number of nitrogens with one attached hydrogen (secondary N) is 1. The van der Waals surface area contributed by atoms with Gasteiger partial charge >= 0.3 is 6.18 Å². The molecule has 0 amide bonds. The molecular formula is C15H12BrF3N2O. The third-order valence-electron chi connectivity index (χ3n) is 3.69. The van der Waals surface area contributed by atoms with E-state index in [1.807, 2.05) is 0 Å². The molecule has 2 aliphatic rings. The topological polar surface area (TPSA) is 44.6 Å². The number of aliphatic hydroxyl groups is 1. The van der Waals surface area contributed by atoms with E-state index in [2.05, 4.69) is 38.1 Å². The molecular weight excluding hydrogens is 361 g/mol. The highest BCUT2D eigenvalue weighted by Gasteiger charge is 2.57. The van der Waals surface area contributed by atoms with E-state index in [-0.39, 0.29) is 23.8 Å². The van der Waals surface area contributed by atoms with Gasteiger partial charge in [-0.15, -0.1) is 0 Å². The van der Waals surface area contributed by atoms with Crippen LogP contribution in [0.15, 0.2) is 21.6 Å². The minimum atomic E-state index is -4.60. The van der Waals surface area contributed by atoms with Crippen molar-refractivity contribution in [3.63, 3.8) is 0 Å².